The van der Waals surface area contributed by atoms with E-state index in [1.54, 1.807) is 0 Å². The summed E-state index contributed by atoms with van der Waals surface area (Å²) >= 11 is 0. The molecule has 6 heteroatoms. The molecular weight excluding hydrogens is 240 g/mol. The van der Waals surface area contributed by atoms with Crippen molar-refractivity contribution in [3.63, 3.8) is 0 Å². The number of aromatic nitrogens is 3. The fraction of sp³-hybridized carbons (Fsp3) is 0.769. The van der Waals surface area contributed by atoms with Crippen molar-refractivity contribution in [1.29, 1.82) is 0 Å². The maximum atomic E-state index is 4.40. The Labute approximate surface area is 116 Å². The van der Waals surface area contributed by atoms with Gasteiger partial charge in [-0.25, -0.2) is 0 Å². The number of nitrogens with zero attached hydrogens (tertiary/aromatic N) is 4. The Morgan fingerprint density at radius 3 is 2.21 bits per heavy atom. The molecule has 0 aliphatic rings. The van der Waals surface area contributed by atoms with Gasteiger partial charge in [-0.15, -0.1) is 0 Å². The SMILES string of the molecule is CCCNc1nc(NCC(C)CC)nc(N(C)C)n1. The van der Waals surface area contributed by atoms with Crippen LogP contribution in [0.4, 0.5) is 17.8 Å². The second-order valence-corrected chi connectivity index (χ2v) is 5.00. The first-order chi connectivity index (χ1) is 9.06. The molecule has 0 aromatic carbocycles. The molecule has 0 aliphatic carbocycles. The van der Waals surface area contributed by atoms with Gasteiger partial charge in [0.05, 0.1) is 0 Å². The highest BCUT2D eigenvalue weighted by Crippen LogP contribution is 2.12. The van der Waals surface area contributed by atoms with Crippen molar-refractivity contribution in [1.82, 2.24) is 15.0 Å². The first-order valence-electron chi connectivity index (χ1n) is 6.97. The summed E-state index contributed by atoms with van der Waals surface area (Å²) in [5.74, 6) is 2.54. The fourth-order valence-corrected chi connectivity index (χ4v) is 1.37. The third-order valence-electron chi connectivity index (χ3n) is 2.86. The van der Waals surface area contributed by atoms with Crippen molar-refractivity contribution in [2.24, 2.45) is 5.92 Å². The number of nitrogens with one attached hydrogen (secondary N) is 2. The minimum Gasteiger partial charge on any atom is -0.354 e. The van der Waals surface area contributed by atoms with Gasteiger partial charge in [0.25, 0.3) is 0 Å². The molecule has 1 aromatic rings. The zero-order valence-electron chi connectivity index (χ0n) is 12.7. The maximum absolute atomic E-state index is 4.40. The minimum atomic E-state index is 0.603. The van der Waals surface area contributed by atoms with Gasteiger partial charge < -0.3 is 15.5 Å². The summed E-state index contributed by atoms with van der Waals surface area (Å²) in [5.41, 5.74) is 0. The molecule has 0 spiro atoms. The van der Waals surface area contributed by atoms with Gasteiger partial charge in [0.15, 0.2) is 0 Å². The molecule has 0 radical (unpaired) electrons. The summed E-state index contributed by atoms with van der Waals surface area (Å²) in [5, 5.41) is 6.48. The first kappa shape index (κ1) is 15.5. The van der Waals surface area contributed by atoms with Crippen LogP contribution in [0.15, 0.2) is 0 Å². The normalized spacial score (nSPS) is 12.1. The Kier molecular flexibility index (Phi) is 6.32. The highest BCUT2D eigenvalue weighted by Gasteiger charge is 2.08. The van der Waals surface area contributed by atoms with Crippen LogP contribution in [0.25, 0.3) is 0 Å². The quantitative estimate of drug-likeness (QED) is 0.752. The molecule has 1 rings (SSSR count). The summed E-state index contributed by atoms with van der Waals surface area (Å²) in [7, 11) is 3.86. The Bertz CT molecular complexity index is 379. The minimum absolute atomic E-state index is 0.603. The van der Waals surface area contributed by atoms with Crippen molar-refractivity contribution in [3.05, 3.63) is 0 Å². The highest BCUT2D eigenvalue weighted by atomic mass is 15.3. The largest absolute Gasteiger partial charge is 0.354 e. The van der Waals surface area contributed by atoms with Crippen LogP contribution < -0.4 is 15.5 Å². The molecular formula is C13H26N6. The van der Waals surface area contributed by atoms with Gasteiger partial charge in [0, 0.05) is 27.2 Å². The maximum Gasteiger partial charge on any atom is 0.231 e. The third-order valence-corrected chi connectivity index (χ3v) is 2.86. The van der Waals surface area contributed by atoms with Gasteiger partial charge in [0.2, 0.25) is 17.8 Å². The summed E-state index contributed by atoms with van der Waals surface area (Å²) in [6.07, 6.45) is 2.18. The van der Waals surface area contributed by atoms with Crippen LogP contribution in [0.5, 0.6) is 0 Å². The standard InChI is InChI=1S/C13H26N6/c1-6-8-14-11-16-12(15-9-10(3)7-2)18-13(17-11)19(4)5/h10H,6-9H2,1-5H3,(H2,14,15,16,17,18). The lowest BCUT2D eigenvalue weighted by molar-refractivity contribution is 0.591. The van der Waals surface area contributed by atoms with E-state index in [-0.39, 0.29) is 0 Å². The molecule has 0 fully saturated rings. The molecule has 2 N–H and O–H groups in total. The molecule has 108 valence electrons. The van der Waals surface area contributed by atoms with E-state index in [2.05, 4.69) is 46.4 Å². The van der Waals surface area contributed by atoms with Crippen LogP contribution in [0, 0.1) is 5.92 Å². The lowest BCUT2D eigenvalue weighted by Crippen LogP contribution is -2.19. The predicted molar refractivity (Wildman–Crippen MR) is 80.9 cm³/mol. The van der Waals surface area contributed by atoms with E-state index in [1.165, 1.54) is 0 Å². The molecule has 6 nitrogen and oxygen atoms in total. The van der Waals surface area contributed by atoms with Gasteiger partial charge in [-0.2, -0.15) is 15.0 Å². The fourth-order valence-electron chi connectivity index (χ4n) is 1.37. The summed E-state index contributed by atoms with van der Waals surface area (Å²) < 4.78 is 0. The number of hydrogen-bond donors (Lipinski definition) is 2. The molecule has 1 heterocycles. The van der Waals surface area contributed by atoms with Crippen LogP contribution in [-0.2, 0) is 0 Å². The van der Waals surface area contributed by atoms with Gasteiger partial charge in [-0.3, -0.25) is 0 Å². The Balaban J connectivity index is 2.80. The third kappa shape index (κ3) is 5.28. The van der Waals surface area contributed by atoms with Gasteiger partial charge in [0.1, 0.15) is 0 Å². The van der Waals surface area contributed by atoms with Crippen LogP contribution >= 0.6 is 0 Å². The lowest BCUT2D eigenvalue weighted by atomic mass is 10.1. The Morgan fingerprint density at radius 2 is 1.68 bits per heavy atom. The summed E-state index contributed by atoms with van der Waals surface area (Å²) in [6.45, 7) is 8.24. The van der Waals surface area contributed by atoms with Crippen LogP contribution in [0.3, 0.4) is 0 Å². The number of rotatable bonds is 8. The van der Waals surface area contributed by atoms with E-state index < -0.39 is 0 Å². The van der Waals surface area contributed by atoms with E-state index in [0.29, 0.717) is 23.8 Å². The van der Waals surface area contributed by atoms with Crippen molar-refractivity contribution in [3.8, 4) is 0 Å². The molecule has 0 bridgehead atoms. The first-order valence-corrected chi connectivity index (χ1v) is 6.97. The molecule has 0 saturated carbocycles. The molecule has 0 amide bonds. The van der Waals surface area contributed by atoms with Gasteiger partial charge >= 0.3 is 0 Å². The molecule has 0 saturated heterocycles. The topological polar surface area (TPSA) is 66.0 Å². The van der Waals surface area contributed by atoms with E-state index in [0.717, 1.165) is 25.9 Å². The smallest absolute Gasteiger partial charge is 0.231 e. The van der Waals surface area contributed by atoms with Crippen LogP contribution in [0.2, 0.25) is 0 Å². The van der Waals surface area contributed by atoms with Crippen molar-refractivity contribution in [2.45, 2.75) is 33.6 Å². The molecule has 1 unspecified atom stereocenters. The second-order valence-electron chi connectivity index (χ2n) is 5.00. The van der Waals surface area contributed by atoms with Crippen molar-refractivity contribution < 1.29 is 0 Å². The average Bonchev–Trinajstić information content (AvgIpc) is 2.42. The second kappa shape index (κ2) is 7.76. The lowest BCUT2D eigenvalue weighted by Gasteiger charge is -2.15. The zero-order chi connectivity index (χ0) is 14.3. The van der Waals surface area contributed by atoms with Crippen molar-refractivity contribution in [2.75, 3.05) is 42.7 Å². The summed E-state index contributed by atoms with van der Waals surface area (Å²) in [4.78, 5) is 15.0. The van der Waals surface area contributed by atoms with Gasteiger partial charge in [-0.05, 0) is 12.3 Å². The number of hydrogen-bond acceptors (Lipinski definition) is 6. The zero-order valence-corrected chi connectivity index (χ0v) is 12.7. The molecule has 1 atom stereocenters. The highest BCUT2D eigenvalue weighted by molar-refractivity contribution is 5.42. The van der Waals surface area contributed by atoms with E-state index in [1.807, 2.05) is 19.0 Å². The molecule has 1 aromatic heterocycles. The summed E-state index contributed by atoms with van der Waals surface area (Å²) in [6, 6.07) is 0. The molecule has 0 aliphatic heterocycles. The monoisotopic (exact) mass is 266 g/mol. The van der Waals surface area contributed by atoms with Crippen LogP contribution in [-0.4, -0.2) is 42.1 Å². The van der Waals surface area contributed by atoms with E-state index >= 15 is 0 Å². The molecule has 19 heavy (non-hydrogen) atoms. The predicted octanol–water partition coefficient (Wildman–Crippen LogP) is 2.22. The average molecular weight is 266 g/mol. The van der Waals surface area contributed by atoms with Gasteiger partial charge in [-0.1, -0.05) is 27.2 Å². The Hall–Kier alpha value is -1.59. The van der Waals surface area contributed by atoms with E-state index in [4.69, 9.17) is 0 Å². The number of anilines is 3. The van der Waals surface area contributed by atoms with E-state index in [9.17, 15) is 0 Å². The Morgan fingerprint density at radius 1 is 1.05 bits per heavy atom. The van der Waals surface area contributed by atoms with Crippen molar-refractivity contribution >= 4 is 17.8 Å². The van der Waals surface area contributed by atoms with Crippen LogP contribution in [0.1, 0.15) is 33.6 Å².